The Bertz CT molecular complexity index is 791. The molecule has 2 saturated heterocycles. The largest absolute Gasteiger partial charge is 0.375 e. The summed E-state index contributed by atoms with van der Waals surface area (Å²) in [6, 6.07) is 8.23. The van der Waals surface area contributed by atoms with Crippen molar-refractivity contribution in [2.24, 2.45) is 0 Å². The summed E-state index contributed by atoms with van der Waals surface area (Å²) in [4.78, 5) is 25.8. The van der Waals surface area contributed by atoms with Gasteiger partial charge in [-0.05, 0) is 44.2 Å². The highest BCUT2D eigenvalue weighted by atomic mass is 16.5. The Hall–Kier alpha value is -2.21. The van der Waals surface area contributed by atoms with Crippen LogP contribution in [0.4, 0.5) is 5.82 Å². The first kappa shape index (κ1) is 17.2. The molecule has 2 aliphatic heterocycles. The Morgan fingerprint density at radius 1 is 1.12 bits per heavy atom. The lowest BCUT2D eigenvalue weighted by atomic mass is 9.87. The molecule has 0 bridgehead atoms. The quantitative estimate of drug-likeness (QED) is 0.848. The number of para-hydroxylation sites is 1. The van der Waals surface area contributed by atoms with Gasteiger partial charge in [0.1, 0.15) is 18.8 Å². The SMILES string of the molecule is COCC(=O)N1CCCC2(CCCN2c2ncnc3ccccc23)CC1. The molecular formula is C20H26N4O2. The molecule has 2 aliphatic rings. The summed E-state index contributed by atoms with van der Waals surface area (Å²) < 4.78 is 5.03. The first-order chi connectivity index (χ1) is 12.7. The molecular weight excluding hydrogens is 328 g/mol. The fourth-order valence-electron chi connectivity index (χ4n) is 4.64. The van der Waals surface area contributed by atoms with Gasteiger partial charge in [-0.3, -0.25) is 4.79 Å². The van der Waals surface area contributed by atoms with Gasteiger partial charge in [-0.25, -0.2) is 9.97 Å². The van der Waals surface area contributed by atoms with E-state index in [2.05, 4.69) is 27.0 Å². The number of nitrogens with zero attached hydrogens (tertiary/aromatic N) is 4. The second-order valence-electron chi connectivity index (χ2n) is 7.36. The molecule has 2 fully saturated rings. The van der Waals surface area contributed by atoms with Gasteiger partial charge in [0, 0.05) is 37.7 Å². The summed E-state index contributed by atoms with van der Waals surface area (Å²) in [5, 5.41) is 1.12. The number of rotatable bonds is 3. The number of carbonyl (C=O) groups excluding carboxylic acids is 1. The van der Waals surface area contributed by atoms with E-state index < -0.39 is 0 Å². The summed E-state index contributed by atoms with van der Waals surface area (Å²) in [5.74, 6) is 1.14. The predicted octanol–water partition coefficient (Wildman–Crippen LogP) is 2.63. The van der Waals surface area contributed by atoms with E-state index in [4.69, 9.17) is 4.74 Å². The zero-order valence-electron chi connectivity index (χ0n) is 15.4. The van der Waals surface area contributed by atoms with Gasteiger partial charge in [-0.2, -0.15) is 0 Å². The highest BCUT2D eigenvalue weighted by molar-refractivity contribution is 5.89. The lowest BCUT2D eigenvalue weighted by molar-refractivity contribution is -0.135. The summed E-state index contributed by atoms with van der Waals surface area (Å²) in [7, 11) is 1.58. The normalized spacial score (nSPS) is 23.6. The Kier molecular flexibility index (Phi) is 4.76. The van der Waals surface area contributed by atoms with Crippen molar-refractivity contribution >= 4 is 22.6 Å². The molecule has 1 spiro atoms. The number of benzene rings is 1. The average Bonchev–Trinajstić information content (AvgIpc) is 2.94. The number of hydrogen-bond acceptors (Lipinski definition) is 5. The molecule has 6 nitrogen and oxygen atoms in total. The third-order valence-electron chi connectivity index (χ3n) is 5.91. The standard InChI is InChI=1S/C20H26N4O2/c1-26-14-18(25)23-11-4-8-20(10-13-23)9-5-12-24(20)19-16-6-2-3-7-17(16)21-15-22-19/h2-3,6-7,15H,4-5,8-14H2,1H3. The van der Waals surface area contributed by atoms with E-state index in [0.29, 0.717) is 0 Å². The molecule has 138 valence electrons. The van der Waals surface area contributed by atoms with Crippen LogP contribution in [0.25, 0.3) is 10.9 Å². The molecule has 0 radical (unpaired) electrons. The minimum Gasteiger partial charge on any atom is -0.375 e. The van der Waals surface area contributed by atoms with E-state index in [1.807, 2.05) is 17.0 Å². The van der Waals surface area contributed by atoms with E-state index >= 15 is 0 Å². The number of carbonyl (C=O) groups is 1. The van der Waals surface area contributed by atoms with Crippen molar-refractivity contribution in [2.75, 3.05) is 38.3 Å². The van der Waals surface area contributed by atoms with Gasteiger partial charge < -0.3 is 14.5 Å². The van der Waals surface area contributed by atoms with Crippen LogP contribution >= 0.6 is 0 Å². The first-order valence-electron chi connectivity index (χ1n) is 9.48. The minimum absolute atomic E-state index is 0.0965. The second-order valence-corrected chi connectivity index (χ2v) is 7.36. The summed E-state index contributed by atoms with van der Waals surface area (Å²) in [6.07, 6.45) is 7.12. The van der Waals surface area contributed by atoms with Crippen LogP contribution in [0, 0.1) is 0 Å². The summed E-state index contributed by atoms with van der Waals surface area (Å²) >= 11 is 0. The Balaban J connectivity index is 1.62. The zero-order valence-corrected chi connectivity index (χ0v) is 15.4. The van der Waals surface area contributed by atoms with Crippen molar-refractivity contribution in [1.29, 1.82) is 0 Å². The molecule has 1 aromatic carbocycles. The van der Waals surface area contributed by atoms with Gasteiger partial charge in [-0.1, -0.05) is 12.1 Å². The summed E-state index contributed by atoms with van der Waals surface area (Å²) in [5.41, 5.74) is 1.09. The van der Waals surface area contributed by atoms with E-state index in [0.717, 1.165) is 62.0 Å². The van der Waals surface area contributed by atoms with Crippen LogP contribution in [-0.2, 0) is 9.53 Å². The molecule has 0 aliphatic carbocycles. The van der Waals surface area contributed by atoms with Crippen LogP contribution in [-0.4, -0.2) is 59.7 Å². The van der Waals surface area contributed by atoms with Gasteiger partial charge in [0.25, 0.3) is 0 Å². The van der Waals surface area contributed by atoms with Gasteiger partial charge in [0.2, 0.25) is 5.91 Å². The first-order valence-corrected chi connectivity index (χ1v) is 9.48. The maximum Gasteiger partial charge on any atom is 0.248 e. The smallest absolute Gasteiger partial charge is 0.248 e. The molecule has 6 heteroatoms. The number of amides is 1. The predicted molar refractivity (Wildman–Crippen MR) is 101 cm³/mol. The lowest BCUT2D eigenvalue weighted by Gasteiger charge is -2.39. The molecule has 1 aromatic heterocycles. The molecule has 0 saturated carbocycles. The highest BCUT2D eigenvalue weighted by Crippen LogP contribution is 2.42. The van der Waals surface area contributed by atoms with E-state index in [1.165, 1.54) is 6.42 Å². The van der Waals surface area contributed by atoms with Crippen LogP contribution in [0.1, 0.15) is 32.1 Å². The average molecular weight is 354 g/mol. The molecule has 26 heavy (non-hydrogen) atoms. The van der Waals surface area contributed by atoms with Crippen LogP contribution in [0.5, 0.6) is 0 Å². The third kappa shape index (κ3) is 3.03. The number of methoxy groups -OCH3 is 1. The van der Waals surface area contributed by atoms with E-state index in [9.17, 15) is 4.79 Å². The molecule has 1 atom stereocenters. The van der Waals surface area contributed by atoms with Crippen LogP contribution in [0.15, 0.2) is 30.6 Å². The van der Waals surface area contributed by atoms with Crippen molar-refractivity contribution in [3.05, 3.63) is 30.6 Å². The molecule has 1 unspecified atom stereocenters. The van der Waals surface area contributed by atoms with Crippen molar-refractivity contribution in [3.8, 4) is 0 Å². The van der Waals surface area contributed by atoms with E-state index in [1.54, 1.807) is 13.4 Å². The lowest BCUT2D eigenvalue weighted by Crippen LogP contribution is -2.45. The van der Waals surface area contributed by atoms with Crippen LogP contribution in [0.3, 0.4) is 0 Å². The van der Waals surface area contributed by atoms with Crippen molar-refractivity contribution < 1.29 is 9.53 Å². The second kappa shape index (κ2) is 7.19. The zero-order chi connectivity index (χ0) is 18.0. The van der Waals surface area contributed by atoms with Gasteiger partial charge in [0.15, 0.2) is 0 Å². The monoisotopic (exact) mass is 354 g/mol. The fraction of sp³-hybridized carbons (Fsp3) is 0.550. The number of anilines is 1. The van der Waals surface area contributed by atoms with Gasteiger partial charge in [0.05, 0.1) is 5.52 Å². The Labute approximate surface area is 154 Å². The molecule has 2 aromatic rings. The maximum absolute atomic E-state index is 12.2. The number of hydrogen-bond donors (Lipinski definition) is 0. The maximum atomic E-state index is 12.2. The van der Waals surface area contributed by atoms with Crippen LogP contribution < -0.4 is 4.90 Å². The number of aromatic nitrogens is 2. The Morgan fingerprint density at radius 3 is 2.77 bits per heavy atom. The molecule has 3 heterocycles. The highest BCUT2D eigenvalue weighted by Gasteiger charge is 2.43. The van der Waals surface area contributed by atoms with Crippen molar-refractivity contribution in [3.63, 3.8) is 0 Å². The Morgan fingerprint density at radius 2 is 1.92 bits per heavy atom. The van der Waals surface area contributed by atoms with Gasteiger partial charge >= 0.3 is 0 Å². The van der Waals surface area contributed by atoms with Crippen molar-refractivity contribution in [2.45, 2.75) is 37.6 Å². The fourth-order valence-corrected chi connectivity index (χ4v) is 4.64. The summed E-state index contributed by atoms with van der Waals surface area (Å²) in [6.45, 7) is 2.81. The van der Waals surface area contributed by atoms with Crippen LogP contribution in [0.2, 0.25) is 0 Å². The molecule has 0 N–H and O–H groups in total. The third-order valence-corrected chi connectivity index (χ3v) is 5.91. The number of ether oxygens (including phenoxy) is 1. The minimum atomic E-state index is 0.0965. The number of likely N-dealkylation sites (tertiary alicyclic amines) is 1. The molecule has 1 amide bonds. The van der Waals surface area contributed by atoms with Gasteiger partial charge in [-0.15, -0.1) is 0 Å². The number of fused-ring (bicyclic) bond motifs is 1. The van der Waals surface area contributed by atoms with Crippen molar-refractivity contribution in [1.82, 2.24) is 14.9 Å². The topological polar surface area (TPSA) is 58.6 Å². The van der Waals surface area contributed by atoms with E-state index in [-0.39, 0.29) is 18.1 Å². The molecule has 4 rings (SSSR count).